The van der Waals surface area contributed by atoms with Crippen molar-refractivity contribution in [1.82, 2.24) is 29.3 Å². The highest BCUT2D eigenvalue weighted by molar-refractivity contribution is 5.54. The van der Waals surface area contributed by atoms with Gasteiger partial charge in [-0.2, -0.15) is 13.2 Å². The number of halogens is 5. The van der Waals surface area contributed by atoms with Crippen molar-refractivity contribution in [3.8, 4) is 5.69 Å². The molecule has 7 rings (SSSR count). The van der Waals surface area contributed by atoms with Gasteiger partial charge in [0.1, 0.15) is 29.6 Å². The fraction of sp³-hybridized carbons (Fsp3) is 0.565. The van der Waals surface area contributed by atoms with E-state index in [4.69, 9.17) is 0 Å². The number of fused-ring (bicyclic) bond motifs is 1. The van der Waals surface area contributed by atoms with Crippen molar-refractivity contribution in [3.63, 3.8) is 0 Å². The molecule has 3 aliphatic carbocycles. The third kappa shape index (κ3) is 2.94. The van der Waals surface area contributed by atoms with Gasteiger partial charge in [0.05, 0.1) is 11.9 Å². The van der Waals surface area contributed by atoms with Crippen molar-refractivity contribution in [2.24, 2.45) is 11.8 Å². The van der Waals surface area contributed by atoms with Gasteiger partial charge >= 0.3 is 6.18 Å². The number of pyridine rings is 1. The minimum absolute atomic E-state index is 0.0180. The van der Waals surface area contributed by atoms with Gasteiger partial charge < -0.3 is 9.47 Å². The van der Waals surface area contributed by atoms with E-state index in [2.05, 4.69) is 20.2 Å². The zero-order chi connectivity index (χ0) is 24.3. The highest BCUT2D eigenvalue weighted by atomic mass is 19.4. The van der Waals surface area contributed by atoms with E-state index in [1.807, 2.05) is 4.57 Å². The molecule has 3 saturated carbocycles. The van der Waals surface area contributed by atoms with Gasteiger partial charge in [0.25, 0.3) is 0 Å². The average Bonchev–Trinajstić information content (AvgIpc) is 3.78. The van der Waals surface area contributed by atoms with Crippen molar-refractivity contribution < 1.29 is 22.0 Å². The monoisotopic (exact) mass is 491 g/mol. The first-order valence-corrected chi connectivity index (χ1v) is 11.8. The van der Waals surface area contributed by atoms with E-state index in [1.165, 1.54) is 11.5 Å². The van der Waals surface area contributed by atoms with Gasteiger partial charge in [0.15, 0.2) is 17.5 Å². The van der Waals surface area contributed by atoms with E-state index in [1.54, 1.807) is 17.6 Å². The lowest BCUT2D eigenvalue weighted by atomic mass is 10.0. The number of rotatable bonds is 5. The summed E-state index contributed by atoms with van der Waals surface area (Å²) < 4.78 is 76.0. The largest absolute Gasteiger partial charge is 0.400 e. The van der Waals surface area contributed by atoms with Crippen LogP contribution in [0.3, 0.4) is 0 Å². The van der Waals surface area contributed by atoms with Gasteiger partial charge in [-0.25, -0.2) is 18.7 Å². The molecular formula is C23H22F5N7. The predicted octanol–water partition coefficient (Wildman–Crippen LogP) is 4.22. The molecule has 4 fully saturated rings. The second-order valence-electron chi connectivity index (χ2n) is 10.3. The summed E-state index contributed by atoms with van der Waals surface area (Å²) in [5, 5.41) is 7.68. The maximum atomic E-state index is 15.9. The first kappa shape index (κ1) is 21.3. The van der Waals surface area contributed by atoms with Gasteiger partial charge in [0, 0.05) is 42.6 Å². The maximum absolute atomic E-state index is 15.9. The minimum Gasteiger partial charge on any atom is -0.353 e. The van der Waals surface area contributed by atoms with Crippen LogP contribution in [0.15, 0.2) is 18.9 Å². The molecule has 0 amide bonds. The van der Waals surface area contributed by atoms with Crippen LogP contribution in [0.2, 0.25) is 0 Å². The Morgan fingerprint density at radius 3 is 2.26 bits per heavy atom. The van der Waals surface area contributed by atoms with Crippen LogP contribution < -0.4 is 4.90 Å². The Hall–Kier alpha value is -3.05. The molecule has 3 aromatic heterocycles. The summed E-state index contributed by atoms with van der Waals surface area (Å²) in [6.45, 7) is 2.57. The summed E-state index contributed by atoms with van der Waals surface area (Å²) in [6, 6.07) is 0.251. The second kappa shape index (κ2) is 6.79. The molecule has 2 unspecified atom stereocenters. The molecule has 0 aromatic carbocycles. The fourth-order valence-corrected chi connectivity index (χ4v) is 6.00. The summed E-state index contributed by atoms with van der Waals surface area (Å²) in [7, 11) is 0. The predicted molar refractivity (Wildman–Crippen MR) is 113 cm³/mol. The molecule has 0 radical (unpaired) electrons. The van der Waals surface area contributed by atoms with Crippen LogP contribution in [0.25, 0.3) is 5.69 Å². The second-order valence-corrected chi connectivity index (χ2v) is 10.3. The summed E-state index contributed by atoms with van der Waals surface area (Å²) in [6.07, 6.45) is 1.16. The standard InChI is InChI=1S/C23H22F5N7/c1-11-19(22(4-5-22)23(26,27)28)32-20(12-2-3-12)35(11)18-15(24)6-29-21(16(18)25)33-7-13-14(8-33)17(13)34-9-30-31-10-34/h6,9-10,12-14,17H,2-5,7-8H2,1H3. The van der Waals surface area contributed by atoms with Crippen LogP contribution in [0.4, 0.5) is 27.8 Å². The molecule has 1 saturated heterocycles. The highest BCUT2D eigenvalue weighted by Crippen LogP contribution is 2.60. The molecule has 0 bridgehead atoms. The van der Waals surface area contributed by atoms with Gasteiger partial charge in [0.2, 0.25) is 0 Å². The number of aromatic nitrogens is 6. The van der Waals surface area contributed by atoms with Crippen LogP contribution in [0.1, 0.15) is 54.9 Å². The summed E-state index contributed by atoms with van der Waals surface area (Å²) in [5.41, 5.74) is -2.37. The zero-order valence-electron chi connectivity index (χ0n) is 18.8. The van der Waals surface area contributed by atoms with E-state index >= 15 is 8.78 Å². The fourth-order valence-electron chi connectivity index (χ4n) is 6.00. The molecule has 0 N–H and O–H groups in total. The quantitative estimate of drug-likeness (QED) is 0.500. The van der Waals surface area contributed by atoms with Crippen molar-refractivity contribution in [1.29, 1.82) is 0 Å². The van der Waals surface area contributed by atoms with Crippen LogP contribution in [-0.2, 0) is 5.41 Å². The van der Waals surface area contributed by atoms with E-state index in [0.717, 1.165) is 19.0 Å². The number of imidazole rings is 1. The van der Waals surface area contributed by atoms with E-state index in [9.17, 15) is 13.2 Å². The number of nitrogens with zero attached hydrogens (tertiary/aromatic N) is 7. The Labute approximate surface area is 197 Å². The smallest absolute Gasteiger partial charge is 0.353 e. The molecule has 4 aliphatic rings. The SMILES string of the molecule is Cc1c(C2(C(F)(F)F)CC2)nc(C2CC2)n1-c1c(F)cnc(N2CC3C(C2)C3n2cnnc2)c1F. The van der Waals surface area contributed by atoms with Crippen LogP contribution in [0.5, 0.6) is 0 Å². The van der Waals surface area contributed by atoms with Crippen molar-refractivity contribution in [2.45, 2.75) is 56.2 Å². The van der Waals surface area contributed by atoms with E-state index in [-0.39, 0.29) is 59.5 Å². The number of hydrogen-bond acceptors (Lipinski definition) is 5. The Balaban J connectivity index is 1.27. The molecule has 35 heavy (non-hydrogen) atoms. The molecule has 4 heterocycles. The maximum Gasteiger partial charge on any atom is 0.400 e. The third-order valence-corrected chi connectivity index (χ3v) is 8.21. The molecule has 1 aliphatic heterocycles. The number of alkyl halides is 3. The first-order valence-electron chi connectivity index (χ1n) is 11.8. The van der Waals surface area contributed by atoms with Crippen molar-refractivity contribution in [2.75, 3.05) is 18.0 Å². The number of anilines is 1. The topological polar surface area (TPSA) is 64.7 Å². The van der Waals surface area contributed by atoms with Gasteiger partial charge in [-0.05, 0) is 32.6 Å². The first-order chi connectivity index (χ1) is 16.7. The molecule has 7 nitrogen and oxygen atoms in total. The third-order valence-electron chi connectivity index (χ3n) is 8.21. The number of hydrogen-bond donors (Lipinski definition) is 0. The highest BCUT2D eigenvalue weighted by Gasteiger charge is 2.66. The van der Waals surface area contributed by atoms with Crippen molar-refractivity contribution in [3.05, 3.63) is 47.7 Å². The van der Waals surface area contributed by atoms with Crippen LogP contribution >= 0.6 is 0 Å². The zero-order valence-corrected chi connectivity index (χ0v) is 18.8. The Morgan fingerprint density at radius 1 is 1.03 bits per heavy atom. The van der Waals surface area contributed by atoms with Gasteiger partial charge in [-0.1, -0.05) is 0 Å². The Bertz CT molecular complexity index is 1310. The molecule has 12 heteroatoms. The Kier molecular flexibility index (Phi) is 4.12. The molecule has 3 aromatic rings. The molecular weight excluding hydrogens is 469 g/mol. The van der Waals surface area contributed by atoms with Crippen LogP contribution in [0, 0.1) is 30.4 Å². The van der Waals surface area contributed by atoms with Crippen LogP contribution in [-0.4, -0.2) is 48.6 Å². The lowest BCUT2D eigenvalue weighted by Gasteiger charge is -2.23. The molecule has 184 valence electrons. The van der Waals surface area contributed by atoms with E-state index in [0.29, 0.717) is 18.9 Å². The number of piperidine rings is 1. The summed E-state index contributed by atoms with van der Waals surface area (Å²) in [4.78, 5) is 10.2. The minimum atomic E-state index is -4.46. The molecule has 0 spiro atoms. The van der Waals surface area contributed by atoms with E-state index < -0.39 is 23.2 Å². The summed E-state index contributed by atoms with van der Waals surface area (Å²) >= 11 is 0. The average molecular weight is 491 g/mol. The normalized spacial score (nSPS) is 26.8. The summed E-state index contributed by atoms with van der Waals surface area (Å²) in [5.74, 6) is -0.992. The van der Waals surface area contributed by atoms with Gasteiger partial charge in [-0.15, -0.1) is 10.2 Å². The van der Waals surface area contributed by atoms with Crippen molar-refractivity contribution >= 4 is 5.82 Å². The lowest BCUT2D eigenvalue weighted by Crippen LogP contribution is -2.30. The lowest BCUT2D eigenvalue weighted by molar-refractivity contribution is -0.161. The Morgan fingerprint density at radius 2 is 1.69 bits per heavy atom. The molecule has 2 atom stereocenters. The van der Waals surface area contributed by atoms with Gasteiger partial charge in [-0.3, -0.25) is 4.57 Å².